The average molecular weight is 700 g/mol. The molecule has 0 radical (unpaired) electrons. The summed E-state index contributed by atoms with van der Waals surface area (Å²) >= 11 is 0. The van der Waals surface area contributed by atoms with Crippen LogP contribution in [0.3, 0.4) is 0 Å². The molecule has 0 aliphatic carbocycles. The van der Waals surface area contributed by atoms with Crippen LogP contribution >= 0.6 is 0 Å². The summed E-state index contributed by atoms with van der Waals surface area (Å²) in [6, 6.07) is 63.8. The summed E-state index contributed by atoms with van der Waals surface area (Å²) in [6.45, 7) is 7.58. The van der Waals surface area contributed by atoms with Crippen LogP contribution in [0, 0.1) is 17.9 Å². The van der Waals surface area contributed by atoms with Gasteiger partial charge in [-0.2, -0.15) is 5.26 Å². The highest BCUT2D eigenvalue weighted by Crippen LogP contribution is 2.39. The fraction of sp³-hybridized carbons (Fsp3) is 0. The molecule has 5 heteroatoms. The summed E-state index contributed by atoms with van der Waals surface area (Å²) in [7, 11) is 0. The van der Waals surface area contributed by atoms with E-state index in [0.717, 1.165) is 61.0 Å². The molecule has 0 atom stereocenters. The second kappa shape index (κ2) is 11.8. The summed E-state index contributed by atoms with van der Waals surface area (Å²) in [6.07, 6.45) is 0. The highest BCUT2D eigenvalue weighted by atomic mass is 15.0. The van der Waals surface area contributed by atoms with Crippen molar-refractivity contribution < 1.29 is 0 Å². The van der Waals surface area contributed by atoms with Gasteiger partial charge in [-0.15, -0.1) is 0 Å². The summed E-state index contributed by atoms with van der Waals surface area (Å²) in [5, 5.41) is 17.3. The Morgan fingerprint density at radius 1 is 0.400 bits per heavy atom. The lowest BCUT2D eigenvalue weighted by Gasteiger charge is -2.14. The van der Waals surface area contributed by atoms with E-state index in [1.807, 2.05) is 42.5 Å². The topological polar surface area (TPSA) is 42.9 Å². The molecule has 11 aromatic rings. The van der Waals surface area contributed by atoms with E-state index < -0.39 is 0 Å². The zero-order valence-electron chi connectivity index (χ0n) is 29.5. The Morgan fingerprint density at radius 2 is 0.855 bits per heavy atom. The molecular weight excluding hydrogens is 671 g/mol. The van der Waals surface area contributed by atoms with Crippen LogP contribution in [-0.4, -0.2) is 13.7 Å². The monoisotopic (exact) mass is 699 g/mol. The lowest BCUT2D eigenvalue weighted by Crippen LogP contribution is -1.98. The standard InChI is InChI=1S/C50H29N5/c1-52-34-21-27-49-44(28-34)41-13-5-9-17-48(41)54(49)36-24-20-33(31-51)43(29-36)32-18-22-35(23-19-32)53-45-14-6-4-12-40(45)42-26-25-37(30-50(42)53)55-46-15-7-2-10-38(46)39-11-3-8-16-47(39)55/h2-30H. The van der Waals surface area contributed by atoms with Crippen LogP contribution in [0.2, 0.25) is 0 Å². The number of rotatable bonds is 4. The predicted octanol–water partition coefficient (Wildman–Crippen LogP) is 13.1. The number of hydrogen-bond acceptors (Lipinski definition) is 1. The van der Waals surface area contributed by atoms with Gasteiger partial charge in [-0.05, 0) is 89.8 Å². The summed E-state index contributed by atoms with van der Waals surface area (Å²) in [4.78, 5) is 3.68. The number of nitrogens with zero attached hydrogens (tertiary/aromatic N) is 5. The minimum Gasteiger partial charge on any atom is -0.309 e. The van der Waals surface area contributed by atoms with Crippen LogP contribution < -0.4 is 0 Å². The van der Waals surface area contributed by atoms with E-state index in [-0.39, 0.29) is 0 Å². The lowest BCUT2D eigenvalue weighted by molar-refractivity contribution is 1.15. The SMILES string of the molecule is [C-]#[N+]c1ccc2c(c1)c1ccccc1n2-c1ccc(C#N)c(-c2ccc(-n3c4ccccc4c4ccc(-n5c6ccccc6c6ccccc65)cc43)cc2)c1. The molecule has 254 valence electrons. The molecule has 0 saturated carbocycles. The van der Waals surface area contributed by atoms with Crippen LogP contribution in [0.5, 0.6) is 0 Å². The third-order valence-electron chi connectivity index (χ3n) is 11.1. The van der Waals surface area contributed by atoms with Crippen LogP contribution in [-0.2, 0) is 0 Å². The minimum absolute atomic E-state index is 0.611. The molecule has 55 heavy (non-hydrogen) atoms. The Kier molecular flexibility index (Phi) is 6.61. The maximum Gasteiger partial charge on any atom is 0.188 e. The van der Waals surface area contributed by atoms with Gasteiger partial charge in [0.05, 0.1) is 51.3 Å². The van der Waals surface area contributed by atoms with E-state index in [1.165, 1.54) is 32.6 Å². The van der Waals surface area contributed by atoms with Crippen molar-refractivity contribution in [1.82, 2.24) is 13.7 Å². The van der Waals surface area contributed by atoms with Crippen molar-refractivity contribution in [2.45, 2.75) is 0 Å². The van der Waals surface area contributed by atoms with E-state index in [9.17, 15) is 5.26 Å². The Bertz CT molecular complexity index is 3400. The molecule has 5 nitrogen and oxygen atoms in total. The van der Waals surface area contributed by atoms with Gasteiger partial charge in [0.25, 0.3) is 0 Å². The molecule has 3 heterocycles. The molecule has 0 aliphatic heterocycles. The highest BCUT2D eigenvalue weighted by molar-refractivity contribution is 6.12. The molecule has 0 unspecified atom stereocenters. The smallest absolute Gasteiger partial charge is 0.188 e. The lowest BCUT2D eigenvalue weighted by atomic mass is 9.99. The number of nitriles is 1. The van der Waals surface area contributed by atoms with Gasteiger partial charge in [0, 0.05) is 49.6 Å². The third-order valence-corrected chi connectivity index (χ3v) is 11.1. The van der Waals surface area contributed by atoms with Gasteiger partial charge >= 0.3 is 0 Å². The zero-order chi connectivity index (χ0) is 36.6. The second-order valence-corrected chi connectivity index (χ2v) is 14.0. The molecule has 0 bridgehead atoms. The molecule has 8 aromatic carbocycles. The fourth-order valence-corrected chi connectivity index (χ4v) is 8.68. The molecule has 0 spiro atoms. The highest BCUT2D eigenvalue weighted by Gasteiger charge is 2.18. The first-order chi connectivity index (χ1) is 27.2. The quantitative estimate of drug-likeness (QED) is 0.169. The number of fused-ring (bicyclic) bond motifs is 9. The molecule has 0 N–H and O–H groups in total. The summed E-state index contributed by atoms with van der Waals surface area (Å²) < 4.78 is 6.94. The van der Waals surface area contributed by atoms with Crippen molar-refractivity contribution in [3.8, 4) is 34.3 Å². The summed E-state index contributed by atoms with van der Waals surface area (Å²) in [5.74, 6) is 0. The van der Waals surface area contributed by atoms with Crippen molar-refractivity contribution in [3.63, 3.8) is 0 Å². The number of benzene rings is 8. The van der Waals surface area contributed by atoms with E-state index in [4.69, 9.17) is 6.57 Å². The molecule has 0 amide bonds. The number of para-hydroxylation sites is 4. The first-order valence-corrected chi connectivity index (χ1v) is 18.3. The Balaban J connectivity index is 1.07. The number of aromatic nitrogens is 3. The van der Waals surface area contributed by atoms with Crippen LogP contribution in [0.25, 0.3) is 98.5 Å². The van der Waals surface area contributed by atoms with Gasteiger partial charge < -0.3 is 13.7 Å². The van der Waals surface area contributed by atoms with Crippen molar-refractivity contribution in [3.05, 3.63) is 193 Å². The van der Waals surface area contributed by atoms with Crippen LogP contribution in [0.4, 0.5) is 5.69 Å². The maximum absolute atomic E-state index is 10.3. The first kappa shape index (κ1) is 30.7. The average Bonchev–Trinajstić information content (AvgIpc) is 3.88. The van der Waals surface area contributed by atoms with Crippen LogP contribution in [0.15, 0.2) is 176 Å². The largest absolute Gasteiger partial charge is 0.309 e. The minimum atomic E-state index is 0.611. The molecular formula is C50H29N5. The van der Waals surface area contributed by atoms with Crippen molar-refractivity contribution >= 4 is 71.1 Å². The van der Waals surface area contributed by atoms with Crippen molar-refractivity contribution in [2.75, 3.05) is 0 Å². The van der Waals surface area contributed by atoms with E-state index in [0.29, 0.717) is 11.3 Å². The van der Waals surface area contributed by atoms with E-state index in [2.05, 4.69) is 158 Å². The van der Waals surface area contributed by atoms with Gasteiger partial charge in [0.15, 0.2) is 5.69 Å². The Morgan fingerprint density at radius 3 is 1.42 bits per heavy atom. The summed E-state index contributed by atoms with van der Waals surface area (Å²) in [5.41, 5.74) is 12.9. The van der Waals surface area contributed by atoms with Gasteiger partial charge in [0.1, 0.15) is 0 Å². The fourth-order valence-electron chi connectivity index (χ4n) is 8.68. The molecule has 11 rings (SSSR count). The maximum atomic E-state index is 10.3. The molecule has 3 aromatic heterocycles. The van der Waals surface area contributed by atoms with Crippen molar-refractivity contribution in [2.24, 2.45) is 0 Å². The van der Waals surface area contributed by atoms with Crippen LogP contribution in [0.1, 0.15) is 5.56 Å². The molecule has 0 saturated heterocycles. The van der Waals surface area contributed by atoms with Gasteiger partial charge in [-0.1, -0.05) is 97.1 Å². The van der Waals surface area contributed by atoms with E-state index >= 15 is 0 Å². The first-order valence-electron chi connectivity index (χ1n) is 18.3. The second-order valence-electron chi connectivity index (χ2n) is 14.0. The van der Waals surface area contributed by atoms with Gasteiger partial charge in [-0.3, -0.25) is 0 Å². The number of hydrogen-bond donors (Lipinski definition) is 0. The van der Waals surface area contributed by atoms with Gasteiger partial charge in [-0.25, -0.2) is 4.85 Å². The molecule has 0 fully saturated rings. The third kappa shape index (κ3) is 4.51. The van der Waals surface area contributed by atoms with Gasteiger partial charge in [0.2, 0.25) is 0 Å². The normalized spacial score (nSPS) is 11.6. The zero-order valence-corrected chi connectivity index (χ0v) is 29.5. The van der Waals surface area contributed by atoms with Crippen molar-refractivity contribution in [1.29, 1.82) is 5.26 Å². The van der Waals surface area contributed by atoms with E-state index in [1.54, 1.807) is 0 Å². The molecule has 0 aliphatic rings. The predicted molar refractivity (Wildman–Crippen MR) is 226 cm³/mol. The Hall–Kier alpha value is -7.86. The Labute approximate surface area is 316 Å².